The lowest BCUT2D eigenvalue weighted by molar-refractivity contribution is -0.139. The van der Waals surface area contributed by atoms with Crippen molar-refractivity contribution in [3.05, 3.63) is 0 Å². The number of esters is 1. The summed E-state index contributed by atoms with van der Waals surface area (Å²) in [5.74, 6) is -0.765. The molecule has 1 saturated heterocycles. The van der Waals surface area contributed by atoms with Crippen molar-refractivity contribution < 1.29 is 23.1 Å². The molecule has 3 unspecified atom stereocenters. The summed E-state index contributed by atoms with van der Waals surface area (Å²) < 4.78 is 30.7. The number of nitrogens with zero attached hydrogens (tertiary/aromatic N) is 1. The van der Waals surface area contributed by atoms with Crippen molar-refractivity contribution in [3.63, 3.8) is 0 Å². The predicted octanol–water partition coefficient (Wildman–Crippen LogP) is 0.505. The number of fused-ring (bicyclic) bond motifs is 1. The SMILES string of the molecule is COC(=O)C(C)S(=O)(=O)N1CCC2(O)CCCCC2C1. The number of aliphatic hydroxyl groups is 1. The van der Waals surface area contributed by atoms with Gasteiger partial charge in [0.1, 0.15) is 0 Å². The first-order chi connectivity index (χ1) is 9.31. The average Bonchev–Trinajstić information content (AvgIpc) is 2.44. The van der Waals surface area contributed by atoms with Crippen molar-refractivity contribution in [2.24, 2.45) is 5.92 Å². The number of hydrogen-bond acceptors (Lipinski definition) is 5. The predicted molar refractivity (Wildman–Crippen MR) is 73.5 cm³/mol. The largest absolute Gasteiger partial charge is 0.468 e. The lowest BCUT2D eigenvalue weighted by atomic mass is 9.72. The van der Waals surface area contributed by atoms with Gasteiger partial charge in [0.05, 0.1) is 12.7 Å². The highest BCUT2D eigenvalue weighted by Crippen LogP contribution is 2.40. The molecule has 0 aromatic rings. The van der Waals surface area contributed by atoms with E-state index >= 15 is 0 Å². The summed E-state index contributed by atoms with van der Waals surface area (Å²) >= 11 is 0. The number of sulfonamides is 1. The van der Waals surface area contributed by atoms with Crippen LogP contribution in [-0.2, 0) is 19.6 Å². The summed E-state index contributed by atoms with van der Waals surface area (Å²) in [4.78, 5) is 11.5. The van der Waals surface area contributed by atoms with Crippen LogP contribution in [-0.4, -0.2) is 54.8 Å². The normalized spacial score (nSPS) is 33.2. The summed E-state index contributed by atoms with van der Waals surface area (Å²) in [5, 5.41) is 9.36. The summed E-state index contributed by atoms with van der Waals surface area (Å²) in [7, 11) is -2.52. The Morgan fingerprint density at radius 3 is 2.75 bits per heavy atom. The third-order valence-electron chi connectivity index (χ3n) is 4.73. The fourth-order valence-electron chi connectivity index (χ4n) is 3.28. The van der Waals surface area contributed by atoms with Gasteiger partial charge in [0.15, 0.2) is 5.25 Å². The number of hydrogen-bond donors (Lipinski definition) is 1. The van der Waals surface area contributed by atoms with Crippen molar-refractivity contribution in [2.75, 3.05) is 20.2 Å². The minimum atomic E-state index is -3.70. The topological polar surface area (TPSA) is 83.9 Å². The van der Waals surface area contributed by atoms with E-state index in [1.54, 1.807) is 0 Å². The van der Waals surface area contributed by atoms with E-state index in [-0.39, 0.29) is 12.5 Å². The molecule has 2 aliphatic rings. The molecule has 1 aliphatic heterocycles. The molecule has 2 rings (SSSR count). The Morgan fingerprint density at radius 1 is 1.40 bits per heavy atom. The van der Waals surface area contributed by atoms with Gasteiger partial charge in [0.2, 0.25) is 10.0 Å². The number of ether oxygens (including phenoxy) is 1. The molecule has 1 heterocycles. The summed E-state index contributed by atoms with van der Waals surface area (Å²) in [6, 6.07) is 0. The Hall–Kier alpha value is -0.660. The molecule has 0 bridgehead atoms. The van der Waals surface area contributed by atoms with Gasteiger partial charge in [0.25, 0.3) is 0 Å². The highest BCUT2D eigenvalue weighted by Gasteiger charge is 2.47. The fraction of sp³-hybridized carbons (Fsp3) is 0.923. The first-order valence-electron chi connectivity index (χ1n) is 7.10. The zero-order chi connectivity index (χ0) is 15.0. The van der Waals surface area contributed by atoms with Gasteiger partial charge in [-0.05, 0) is 26.2 Å². The van der Waals surface area contributed by atoms with Gasteiger partial charge in [-0.1, -0.05) is 12.8 Å². The number of methoxy groups -OCH3 is 1. The first-order valence-corrected chi connectivity index (χ1v) is 8.61. The zero-order valence-corrected chi connectivity index (χ0v) is 12.9. The van der Waals surface area contributed by atoms with E-state index in [1.165, 1.54) is 18.3 Å². The molecular weight excluding hydrogens is 282 g/mol. The van der Waals surface area contributed by atoms with Crippen LogP contribution in [0.25, 0.3) is 0 Å². The highest BCUT2D eigenvalue weighted by molar-refractivity contribution is 7.90. The second-order valence-corrected chi connectivity index (χ2v) is 8.12. The third-order valence-corrected chi connectivity index (χ3v) is 6.87. The van der Waals surface area contributed by atoms with E-state index in [0.717, 1.165) is 25.7 Å². The van der Waals surface area contributed by atoms with Crippen LogP contribution in [0, 0.1) is 5.92 Å². The molecule has 7 heteroatoms. The molecule has 0 aromatic heterocycles. The molecule has 116 valence electrons. The van der Waals surface area contributed by atoms with Crippen LogP contribution in [0.3, 0.4) is 0 Å². The van der Waals surface area contributed by atoms with E-state index in [2.05, 4.69) is 4.74 Å². The Balaban J connectivity index is 2.13. The van der Waals surface area contributed by atoms with Crippen LogP contribution in [0.15, 0.2) is 0 Å². The second-order valence-electron chi connectivity index (χ2n) is 5.86. The maximum Gasteiger partial charge on any atom is 0.325 e. The molecule has 1 N–H and O–H groups in total. The lowest BCUT2D eigenvalue weighted by Crippen LogP contribution is -2.56. The number of carbonyl (C=O) groups is 1. The van der Waals surface area contributed by atoms with Gasteiger partial charge in [-0.3, -0.25) is 4.79 Å². The van der Waals surface area contributed by atoms with Crippen LogP contribution >= 0.6 is 0 Å². The third kappa shape index (κ3) is 2.71. The van der Waals surface area contributed by atoms with Crippen LogP contribution in [0.4, 0.5) is 0 Å². The number of rotatable bonds is 3. The highest BCUT2D eigenvalue weighted by atomic mass is 32.2. The Morgan fingerprint density at radius 2 is 2.10 bits per heavy atom. The molecular formula is C13H23NO5S. The minimum absolute atomic E-state index is 0.0235. The number of piperidine rings is 1. The van der Waals surface area contributed by atoms with E-state index in [4.69, 9.17) is 0 Å². The van der Waals surface area contributed by atoms with E-state index in [0.29, 0.717) is 13.0 Å². The van der Waals surface area contributed by atoms with E-state index in [1.807, 2.05) is 0 Å². The smallest absolute Gasteiger partial charge is 0.325 e. The van der Waals surface area contributed by atoms with Crippen LogP contribution < -0.4 is 0 Å². The molecule has 6 nitrogen and oxygen atoms in total. The minimum Gasteiger partial charge on any atom is -0.468 e. The summed E-state index contributed by atoms with van der Waals surface area (Å²) in [6.07, 6.45) is 4.06. The van der Waals surface area contributed by atoms with Gasteiger partial charge >= 0.3 is 5.97 Å². The molecule has 0 radical (unpaired) electrons. The first kappa shape index (κ1) is 15.7. The lowest BCUT2D eigenvalue weighted by Gasteiger charge is -2.47. The van der Waals surface area contributed by atoms with E-state index < -0.39 is 26.8 Å². The van der Waals surface area contributed by atoms with Crippen LogP contribution in [0.5, 0.6) is 0 Å². The Kier molecular flexibility index (Phi) is 4.41. The Bertz CT molecular complexity index is 477. The molecule has 0 spiro atoms. The molecule has 1 saturated carbocycles. The Labute approximate surface area is 120 Å². The second kappa shape index (κ2) is 5.61. The standard InChI is InChI=1S/C13H23NO5S/c1-10(12(15)19-2)20(17,18)14-8-7-13(16)6-4-3-5-11(13)9-14/h10-11,16H,3-9H2,1-2H3. The van der Waals surface area contributed by atoms with Crippen molar-refractivity contribution in [1.82, 2.24) is 4.31 Å². The molecule has 3 atom stereocenters. The molecule has 20 heavy (non-hydrogen) atoms. The van der Waals surface area contributed by atoms with Gasteiger partial charge in [-0.2, -0.15) is 0 Å². The zero-order valence-electron chi connectivity index (χ0n) is 12.0. The van der Waals surface area contributed by atoms with Crippen molar-refractivity contribution in [3.8, 4) is 0 Å². The number of carbonyl (C=O) groups excluding carboxylic acids is 1. The molecule has 0 amide bonds. The van der Waals surface area contributed by atoms with Crippen molar-refractivity contribution >= 4 is 16.0 Å². The van der Waals surface area contributed by atoms with Gasteiger partial charge in [-0.15, -0.1) is 0 Å². The molecule has 2 fully saturated rings. The fourth-order valence-corrected chi connectivity index (χ4v) is 4.80. The monoisotopic (exact) mass is 305 g/mol. The van der Waals surface area contributed by atoms with Gasteiger partial charge < -0.3 is 9.84 Å². The van der Waals surface area contributed by atoms with Crippen LogP contribution in [0.1, 0.15) is 39.0 Å². The molecule has 0 aromatic carbocycles. The maximum atomic E-state index is 12.4. The van der Waals surface area contributed by atoms with Crippen molar-refractivity contribution in [2.45, 2.75) is 49.9 Å². The quantitative estimate of drug-likeness (QED) is 0.768. The van der Waals surface area contributed by atoms with Crippen molar-refractivity contribution in [1.29, 1.82) is 0 Å². The summed E-state index contributed by atoms with van der Waals surface area (Å²) in [6.45, 7) is 1.93. The van der Waals surface area contributed by atoms with Crippen LogP contribution in [0.2, 0.25) is 0 Å². The van der Waals surface area contributed by atoms with Gasteiger partial charge in [0, 0.05) is 19.0 Å². The summed E-state index contributed by atoms with van der Waals surface area (Å²) in [5.41, 5.74) is -0.723. The maximum absolute atomic E-state index is 12.4. The molecule has 1 aliphatic carbocycles. The van der Waals surface area contributed by atoms with Gasteiger partial charge in [-0.25, -0.2) is 12.7 Å². The van der Waals surface area contributed by atoms with E-state index in [9.17, 15) is 18.3 Å². The average molecular weight is 305 g/mol.